The Morgan fingerprint density at radius 2 is 1.24 bits per heavy atom. The maximum absolute atomic E-state index is 13.2. The molecular formula is C30H49N9O6. The van der Waals surface area contributed by atoms with Crippen LogP contribution in [0, 0.1) is 0 Å². The third kappa shape index (κ3) is 15.3. The van der Waals surface area contributed by atoms with Crippen molar-refractivity contribution in [2.75, 3.05) is 19.7 Å². The van der Waals surface area contributed by atoms with Gasteiger partial charge in [-0.2, -0.15) is 0 Å². The first-order valence-electron chi connectivity index (χ1n) is 15.7. The second kappa shape index (κ2) is 21.4. The van der Waals surface area contributed by atoms with E-state index in [0.29, 0.717) is 17.9 Å². The number of unbranched alkanes of at least 4 members (excludes halogenated alkanes) is 7. The van der Waals surface area contributed by atoms with Gasteiger partial charge in [-0.25, -0.2) is 9.97 Å². The van der Waals surface area contributed by atoms with Crippen LogP contribution >= 0.6 is 0 Å². The molecule has 2 aromatic rings. The van der Waals surface area contributed by atoms with Crippen molar-refractivity contribution in [3.63, 3.8) is 0 Å². The van der Waals surface area contributed by atoms with Crippen LogP contribution in [-0.4, -0.2) is 92.4 Å². The average molecular weight is 632 g/mol. The summed E-state index contributed by atoms with van der Waals surface area (Å²) in [5.74, 6) is -2.68. The van der Waals surface area contributed by atoms with Gasteiger partial charge in [0, 0.05) is 63.1 Å². The van der Waals surface area contributed by atoms with Gasteiger partial charge in [0.25, 0.3) is 0 Å². The maximum Gasteiger partial charge on any atom is 0.245 e. The number of rotatable bonds is 23. The molecule has 3 atom stereocenters. The topological polar surface area (TPSA) is 223 Å². The fourth-order valence-electron chi connectivity index (χ4n) is 4.60. The molecule has 15 nitrogen and oxygen atoms in total. The summed E-state index contributed by atoms with van der Waals surface area (Å²) in [6.07, 6.45) is 15.0. The normalized spacial score (nSPS) is 12.9. The number of nitrogens with one attached hydrogen (secondary N) is 7. The van der Waals surface area contributed by atoms with Crippen molar-refractivity contribution in [1.29, 1.82) is 0 Å². The highest BCUT2D eigenvalue weighted by Gasteiger charge is 2.30. The number of aromatic nitrogens is 4. The SMILES string of the molecule is CCCCCCCCCCNC(=O)[C@H](Cc1cnc[nH]1)NC(=O)[C@H](CO)NC(=O)[C@H](Cc1cnc[nH]1)NC(=O)CCNC(C)=O. The Morgan fingerprint density at radius 3 is 1.78 bits per heavy atom. The van der Waals surface area contributed by atoms with Crippen LogP contribution in [0.15, 0.2) is 25.0 Å². The number of aromatic amines is 2. The zero-order valence-corrected chi connectivity index (χ0v) is 26.3. The number of carbonyl (C=O) groups excluding carboxylic acids is 5. The molecule has 2 heterocycles. The van der Waals surface area contributed by atoms with E-state index in [0.717, 1.165) is 19.3 Å². The molecule has 0 bridgehead atoms. The minimum Gasteiger partial charge on any atom is -0.394 e. The lowest BCUT2D eigenvalue weighted by Gasteiger charge is -2.24. The number of H-pyrrole nitrogens is 2. The Balaban J connectivity index is 1.97. The minimum absolute atomic E-state index is 0.0288. The molecule has 0 aliphatic rings. The van der Waals surface area contributed by atoms with E-state index < -0.39 is 48.4 Å². The van der Waals surface area contributed by atoms with E-state index in [9.17, 15) is 29.1 Å². The summed E-state index contributed by atoms with van der Waals surface area (Å²) in [7, 11) is 0. The number of imidazole rings is 2. The van der Waals surface area contributed by atoms with Gasteiger partial charge >= 0.3 is 0 Å². The first-order chi connectivity index (χ1) is 21.7. The molecule has 15 heteroatoms. The lowest BCUT2D eigenvalue weighted by molar-refractivity contribution is -0.134. The fraction of sp³-hybridized carbons (Fsp3) is 0.633. The molecule has 0 aromatic carbocycles. The third-order valence-corrected chi connectivity index (χ3v) is 7.11. The predicted octanol–water partition coefficient (Wildman–Crippen LogP) is 0.148. The van der Waals surface area contributed by atoms with E-state index >= 15 is 0 Å². The summed E-state index contributed by atoms with van der Waals surface area (Å²) in [4.78, 5) is 76.8. The lowest BCUT2D eigenvalue weighted by Crippen LogP contribution is -2.58. The average Bonchev–Trinajstić information content (AvgIpc) is 3.72. The summed E-state index contributed by atoms with van der Waals surface area (Å²) in [5, 5.41) is 23.1. The summed E-state index contributed by atoms with van der Waals surface area (Å²) in [6.45, 7) is 3.31. The van der Waals surface area contributed by atoms with Crippen molar-refractivity contribution in [1.82, 2.24) is 46.5 Å². The van der Waals surface area contributed by atoms with Crippen molar-refractivity contribution >= 4 is 29.5 Å². The molecule has 0 spiro atoms. The van der Waals surface area contributed by atoms with Gasteiger partial charge in [0.2, 0.25) is 29.5 Å². The van der Waals surface area contributed by atoms with Crippen LogP contribution in [-0.2, 0) is 36.8 Å². The smallest absolute Gasteiger partial charge is 0.245 e. The maximum atomic E-state index is 13.2. The van der Waals surface area contributed by atoms with E-state index in [1.165, 1.54) is 57.9 Å². The number of aliphatic hydroxyl groups excluding tert-OH is 1. The molecular weight excluding hydrogens is 582 g/mol. The highest BCUT2D eigenvalue weighted by molar-refractivity contribution is 5.94. The van der Waals surface area contributed by atoms with E-state index in [4.69, 9.17) is 0 Å². The van der Waals surface area contributed by atoms with E-state index in [1.54, 1.807) is 6.20 Å². The van der Waals surface area contributed by atoms with Crippen molar-refractivity contribution in [2.45, 2.75) is 103 Å². The van der Waals surface area contributed by atoms with Crippen LogP contribution in [0.5, 0.6) is 0 Å². The Labute approximate surface area is 263 Å². The molecule has 5 amide bonds. The van der Waals surface area contributed by atoms with Gasteiger partial charge in [-0.3, -0.25) is 24.0 Å². The molecule has 2 rings (SSSR count). The number of aliphatic hydroxyl groups is 1. The van der Waals surface area contributed by atoms with Crippen LogP contribution in [0.4, 0.5) is 0 Å². The summed E-state index contributed by atoms with van der Waals surface area (Å²) < 4.78 is 0. The first-order valence-corrected chi connectivity index (χ1v) is 15.7. The third-order valence-electron chi connectivity index (χ3n) is 7.11. The van der Waals surface area contributed by atoms with Gasteiger partial charge in [0.1, 0.15) is 18.1 Å². The quantitative estimate of drug-likeness (QED) is 0.0786. The molecule has 45 heavy (non-hydrogen) atoms. The first kappa shape index (κ1) is 36.9. The Morgan fingerprint density at radius 1 is 0.711 bits per heavy atom. The summed E-state index contributed by atoms with van der Waals surface area (Å²) >= 11 is 0. The highest BCUT2D eigenvalue weighted by Crippen LogP contribution is 2.08. The van der Waals surface area contributed by atoms with E-state index in [2.05, 4.69) is 53.4 Å². The zero-order valence-electron chi connectivity index (χ0n) is 26.3. The highest BCUT2D eigenvalue weighted by atomic mass is 16.3. The number of hydrogen-bond acceptors (Lipinski definition) is 8. The summed E-state index contributed by atoms with van der Waals surface area (Å²) in [5.41, 5.74) is 1.17. The molecule has 0 saturated heterocycles. The van der Waals surface area contributed by atoms with Crippen molar-refractivity contribution in [2.24, 2.45) is 0 Å². The number of carbonyl (C=O) groups is 5. The summed E-state index contributed by atoms with van der Waals surface area (Å²) in [6, 6.07) is -3.51. The molecule has 8 N–H and O–H groups in total. The van der Waals surface area contributed by atoms with Gasteiger partial charge in [0.15, 0.2) is 0 Å². The molecule has 250 valence electrons. The molecule has 0 fully saturated rings. The van der Waals surface area contributed by atoms with Gasteiger partial charge in [-0.15, -0.1) is 0 Å². The fourth-order valence-corrected chi connectivity index (χ4v) is 4.60. The second-order valence-corrected chi connectivity index (χ2v) is 11.0. The van der Waals surface area contributed by atoms with Crippen LogP contribution < -0.4 is 26.6 Å². The van der Waals surface area contributed by atoms with Gasteiger partial charge in [-0.05, 0) is 6.42 Å². The zero-order chi connectivity index (χ0) is 32.9. The van der Waals surface area contributed by atoms with Crippen LogP contribution in [0.1, 0.15) is 83.0 Å². The standard InChI is InChI=1S/C30H49N9O6/c1-3-4-5-6-7-8-9-10-12-34-28(43)24(14-22-16-31-19-35-22)38-30(45)26(18-40)39-29(44)25(15-23-17-32-20-36-23)37-27(42)11-13-33-21(2)41/h16-17,19-20,24-26,40H,3-15,18H2,1-2H3,(H,31,35)(H,32,36)(H,33,41)(H,34,43)(H,37,42)(H,38,45)(H,39,44)/t24-,25-,26-/m0/s1. The molecule has 0 unspecified atom stereocenters. The Hall–Kier alpha value is -4.27. The van der Waals surface area contributed by atoms with Gasteiger partial charge < -0.3 is 41.7 Å². The number of hydrogen-bond donors (Lipinski definition) is 8. The molecule has 0 saturated carbocycles. The molecule has 0 aliphatic heterocycles. The van der Waals surface area contributed by atoms with Crippen LogP contribution in [0.3, 0.4) is 0 Å². The van der Waals surface area contributed by atoms with Gasteiger partial charge in [0.05, 0.1) is 19.3 Å². The van der Waals surface area contributed by atoms with E-state index in [-0.39, 0.29) is 31.7 Å². The van der Waals surface area contributed by atoms with Crippen LogP contribution in [0.2, 0.25) is 0 Å². The predicted molar refractivity (Wildman–Crippen MR) is 166 cm³/mol. The van der Waals surface area contributed by atoms with Gasteiger partial charge in [-0.1, -0.05) is 51.9 Å². The van der Waals surface area contributed by atoms with Crippen molar-refractivity contribution < 1.29 is 29.1 Å². The van der Waals surface area contributed by atoms with E-state index in [1.807, 2.05) is 0 Å². The minimum atomic E-state index is -1.40. The lowest BCUT2D eigenvalue weighted by atomic mass is 10.1. The number of amides is 5. The van der Waals surface area contributed by atoms with Crippen molar-refractivity contribution in [3.05, 3.63) is 36.4 Å². The number of nitrogens with zero attached hydrogens (tertiary/aromatic N) is 2. The Kier molecular flexibility index (Phi) is 17.6. The largest absolute Gasteiger partial charge is 0.394 e. The Bertz CT molecular complexity index is 1160. The molecule has 2 aromatic heterocycles. The second-order valence-electron chi connectivity index (χ2n) is 11.0. The molecule has 0 aliphatic carbocycles. The van der Waals surface area contributed by atoms with Crippen molar-refractivity contribution in [3.8, 4) is 0 Å². The monoisotopic (exact) mass is 631 g/mol. The van der Waals surface area contributed by atoms with Crippen LogP contribution in [0.25, 0.3) is 0 Å². The molecule has 0 radical (unpaired) electrons.